The van der Waals surface area contributed by atoms with E-state index in [0.29, 0.717) is 22.5 Å². The minimum absolute atomic E-state index is 0.0993. The first-order valence-corrected chi connectivity index (χ1v) is 10.9. The number of halogens is 1. The second kappa shape index (κ2) is 9.60. The topological polar surface area (TPSA) is 108 Å². The highest BCUT2D eigenvalue weighted by Crippen LogP contribution is 2.25. The fourth-order valence-electron chi connectivity index (χ4n) is 3.46. The van der Waals surface area contributed by atoms with Crippen LogP contribution in [0.5, 0.6) is 0 Å². The van der Waals surface area contributed by atoms with E-state index >= 15 is 0 Å². The Morgan fingerprint density at radius 1 is 0.912 bits per heavy atom. The van der Waals surface area contributed by atoms with Crippen LogP contribution in [0.3, 0.4) is 0 Å². The fourth-order valence-corrected chi connectivity index (χ4v) is 3.59. The molecule has 9 heteroatoms. The first kappa shape index (κ1) is 21.4. The van der Waals surface area contributed by atoms with E-state index in [4.69, 9.17) is 11.6 Å². The second-order valence-corrected chi connectivity index (χ2v) is 8.02. The van der Waals surface area contributed by atoms with Crippen LogP contribution in [0.2, 0.25) is 5.02 Å². The van der Waals surface area contributed by atoms with E-state index in [0.717, 1.165) is 27.8 Å². The molecular formula is C25H20ClN7O. The lowest BCUT2D eigenvalue weighted by Crippen LogP contribution is -2.14. The molecule has 3 aromatic carbocycles. The molecule has 0 fully saturated rings. The van der Waals surface area contributed by atoms with Crippen LogP contribution in [0.4, 0.5) is 28.8 Å². The summed E-state index contributed by atoms with van der Waals surface area (Å²) in [7, 11) is 0. The quantitative estimate of drug-likeness (QED) is 0.244. The van der Waals surface area contributed by atoms with Crippen LogP contribution in [-0.4, -0.2) is 26.1 Å². The zero-order valence-corrected chi connectivity index (χ0v) is 18.7. The molecule has 0 aliphatic heterocycles. The largest absolute Gasteiger partial charge is 0.339 e. The molecule has 0 saturated heterocycles. The number of hydrogen-bond donors (Lipinski definition) is 4. The van der Waals surface area contributed by atoms with Gasteiger partial charge in [-0.25, -0.2) is 4.98 Å². The Morgan fingerprint density at radius 2 is 1.71 bits per heavy atom. The smallest absolute Gasteiger partial charge is 0.229 e. The number of carbonyl (C=O) groups is 1. The first-order valence-electron chi connectivity index (χ1n) is 10.6. The molecule has 0 bridgehead atoms. The Morgan fingerprint density at radius 3 is 2.53 bits per heavy atom. The third kappa shape index (κ3) is 5.13. The Hall–Kier alpha value is -4.43. The molecule has 5 aromatic rings. The van der Waals surface area contributed by atoms with Gasteiger partial charge in [0.25, 0.3) is 0 Å². The van der Waals surface area contributed by atoms with Gasteiger partial charge < -0.3 is 16.0 Å². The highest BCUT2D eigenvalue weighted by atomic mass is 35.5. The number of benzene rings is 3. The standard InChI is InChI=1S/C25H20ClN7O/c26-17-6-10-18(11-7-17)29-24(34)14-16-4-8-19(9-5-16)30-25-27-13-12-23(32-25)31-21-2-1-3-22-20(21)15-28-33-22/h1-13,15H,14H2,(H,28,33)(H,29,34)(H2,27,30,31,32). The number of nitrogens with one attached hydrogen (secondary N) is 4. The Labute approximate surface area is 200 Å². The monoisotopic (exact) mass is 469 g/mol. The van der Waals surface area contributed by atoms with Crippen LogP contribution >= 0.6 is 11.6 Å². The van der Waals surface area contributed by atoms with Gasteiger partial charge in [-0.2, -0.15) is 10.1 Å². The van der Waals surface area contributed by atoms with Crippen molar-refractivity contribution in [3.8, 4) is 0 Å². The third-order valence-corrected chi connectivity index (χ3v) is 5.36. The minimum atomic E-state index is -0.0993. The molecule has 0 aliphatic carbocycles. The normalized spacial score (nSPS) is 10.7. The van der Waals surface area contributed by atoms with E-state index in [1.165, 1.54) is 0 Å². The fraction of sp³-hybridized carbons (Fsp3) is 0.0400. The molecule has 0 unspecified atom stereocenters. The van der Waals surface area contributed by atoms with Gasteiger partial charge in [0.15, 0.2) is 0 Å². The lowest BCUT2D eigenvalue weighted by molar-refractivity contribution is -0.115. The Balaban J connectivity index is 1.21. The predicted molar refractivity (Wildman–Crippen MR) is 135 cm³/mol. The Bertz CT molecular complexity index is 1430. The van der Waals surface area contributed by atoms with E-state index in [-0.39, 0.29) is 12.3 Å². The summed E-state index contributed by atoms with van der Waals surface area (Å²) in [5.74, 6) is 1.01. The highest BCUT2D eigenvalue weighted by Gasteiger charge is 2.07. The van der Waals surface area contributed by atoms with Crippen LogP contribution in [0.25, 0.3) is 10.9 Å². The molecule has 2 heterocycles. The molecule has 168 valence electrons. The van der Waals surface area contributed by atoms with Gasteiger partial charge in [-0.15, -0.1) is 0 Å². The van der Waals surface area contributed by atoms with Gasteiger partial charge in [0.05, 0.1) is 23.8 Å². The summed E-state index contributed by atoms with van der Waals surface area (Å²) in [4.78, 5) is 21.1. The van der Waals surface area contributed by atoms with Crippen LogP contribution in [0, 0.1) is 0 Å². The molecule has 0 radical (unpaired) electrons. The number of carbonyl (C=O) groups excluding carboxylic acids is 1. The highest BCUT2D eigenvalue weighted by molar-refractivity contribution is 6.30. The van der Waals surface area contributed by atoms with Crippen molar-refractivity contribution in [2.45, 2.75) is 6.42 Å². The second-order valence-electron chi connectivity index (χ2n) is 7.58. The number of hydrogen-bond acceptors (Lipinski definition) is 6. The van der Waals surface area contributed by atoms with E-state index in [1.807, 2.05) is 42.5 Å². The van der Waals surface area contributed by atoms with Gasteiger partial charge >= 0.3 is 0 Å². The SMILES string of the molecule is O=C(Cc1ccc(Nc2nccc(Nc3cccc4[nH]ncc34)n2)cc1)Nc1ccc(Cl)cc1. The van der Waals surface area contributed by atoms with Crippen LogP contribution < -0.4 is 16.0 Å². The summed E-state index contributed by atoms with van der Waals surface area (Å²) >= 11 is 5.88. The number of amides is 1. The van der Waals surface area contributed by atoms with Crippen molar-refractivity contribution in [2.24, 2.45) is 0 Å². The summed E-state index contributed by atoms with van der Waals surface area (Å²) < 4.78 is 0. The summed E-state index contributed by atoms with van der Waals surface area (Å²) in [6, 6.07) is 22.3. The zero-order valence-electron chi connectivity index (χ0n) is 17.9. The number of aromatic nitrogens is 4. The molecule has 0 aliphatic rings. The average molecular weight is 470 g/mol. The van der Waals surface area contributed by atoms with Crippen molar-refractivity contribution in [1.82, 2.24) is 20.2 Å². The number of anilines is 5. The maximum Gasteiger partial charge on any atom is 0.229 e. The lowest BCUT2D eigenvalue weighted by Gasteiger charge is -2.10. The minimum Gasteiger partial charge on any atom is -0.339 e. The van der Waals surface area contributed by atoms with E-state index in [9.17, 15) is 4.79 Å². The van der Waals surface area contributed by atoms with Crippen molar-refractivity contribution in [3.63, 3.8) is 0 Å². The van der Waals surface area contributed by atoms with Gasteiger partial charge in [0, 0.05) is 28.0 Å². The zero-order chi connectivity index (χ0) is 23.3. The van der Waals surface area contributed by atoms with Gasteiger partial charge in [-0.3, -0.25) is 9.89 Å². The molecule has 4 N–H and O–H groups in total. The maximum atomic E-state index is 12.3. The van der Waals surface area contributed by atoms with Crippen LogP contribution in [-0.2, 0) is 11.2 Å². The van der Waals surface area contributed by atoms with Gasteiger partial charge in [0.1, 0.15) is 5.82 Å². The average Bonchev–Trinajstić information content (AvgIpc) is 3.32. The lowest BCUT2D eigenvalue weighted by atomic mass is 10.1. The molecule has 8 nitrogen and oxygen atoms in total. The summed E-state index contributed by atoms with van der Waals surface area (Å²) in [5, 5.41) is 18.0. The third-order valence-electron chi connectivity index (χ3n) is 5.11. The molecule has 2 aromatic heterocycles. The van der Waals surface area contributed by atoms with Crippen molar-refractivity contribution in [1.29, 1.82) is 0 Å². The van der Waals surface area contributed by atoms with Crippen molar-refractivity contribution < 1.29 is 4.79 Å². The first-order chi connectivity index (χ1) is 16.6. The summed E-state index contributed by atoms with van der Waals surface area (Å²) in [6.45, 7) is 0. The Kier molecular flexibility index (Phi) is 6.05. The van der Waals surface area contributed by atoms with Gasteiger partial charge in [0.2, 0.25) is 11.9 Å². The van der Waals surface area contributed by atoms with Crippen molar-refractivity contribution in [2.75, 3.05) is 16.0 Å². The van der Waals surface area contributed by atoms with Crippen LogP contribution in [0.15, 0.2) is 85.2 Å². The van der Waals surface area contributed by atoms with E-state index < -0.39 is 0 Å². The van der Waals surface area contributed by atoms with E-state index in [2.05, 4.69) is 36.1 Å². The molecule has 0 saturated carbocycles. The van der Waals surface area contributed by atoms with Gasteiger partial charge in [-0.05, 0) is 60.2 Å². The van der Waals surface area contributed by atoms with Gasteiger partial charge in [-0.1, -0.05) is 29.8 Å². The molecular weight excluding hydrogens is 450 g/mol. The molecule has 0 atom stereocenters. The van der Waals surface area contributed by atoms with Crippen molar-refractivity contribution in [3.05, 3.63) is 95.8 Å². The summed E-state index contributed by atoms with van der Waals surface area (Å²) in [6.07, 6.45) is 3.72. The number of aromatic amines is 1. The molecule has 1 amide bonds. The number of rotatable bonds is 7. The number of H-pyrrole nitrogens is 1. The van der Waals surface area contributed by atoms with Crippen LogP contribution in [0.1, 0.15) is 5.56 Å². The molecule has 0 spiro atoms. The molecule has 5 rings (SSSR count). The maximum absolute atomic E-state index is 12.3. The number of fused-ring (bicyclic) bond motifs is 1. The molecule has 34 heavy (non-hydrogen) atoms. The predicted octanol–water partition coefficient (Wildman–Crippen LogP) is 5.67. The van der Waals surface area contributed by atoms with Crippen molar-refractivity contribution >= 4 is 57.2 Å². The van der Waals surface area contributed by atoms with E-state index in [1.54, 1.807) is 42.7 Å². The summed E-state index contributed by atoms with van der Waals surface area (Å²) in [5.41, 5.74) is 4.26. The number of nitrogens with zero attached hydrogens (tertiary/aromatic N) is 3.